The van der Waals surface area contributed by atoms with Crippen LogP contribution >= 0.6 is 0 Å². The van der Waals surface area contributed by atoms with Gasteiger partial charge >= 0.3 is 0 Å². The van der Waals surface area contributed by atoms with Gasteiger partial charge in [0.1, 0.15) is 5.54 Å². The minimum atomic E-state index is -3.63. The molecular formula is C28H33N3O5S. The van der Waals surface area contributed by atoms with Gasteiger partial charge in [0.15, 0.2) is 0 Å². The Balaban J connectivity index is 1.43. The molecule has 3 aliphatic rings. The zero-order valence-corrected chi connectivity index (χ0v) is 21.7. The summed E-state index contributed by atoms with van der Waals surface area (Å²) in [4.78, 5) is 28.7. The van der Waals surface area contributed by atoms with E-state index in [2.05, 4.69) is 5.32 Å². The van der Waals surface area contributed by atoms with E-state index in [-0.39, 0.29) is 29.2 Å². The summed E-state index contributed by atoms with van der Waals surface area (Å²) in [5.41, 5.74) is 0.256. The number of morpholine rings is 1. The van der Waals surface area contributed by atoms with Crippen LogP contribution in [0.3, 0.4) is 0 Å². The fourth-order valence-corrected chi connectivity index (χ4v) is 6.82. The van der Waals surface area contributed by atoms with Crippen LogP contribution < -0.4 is 5.32 Å². The molecule has 37 heavy (non-hydrogen) atoms. The number of rotatable bonds is 7. The second-order valence-corrected chi connectivity index (χ2v) is 11.9. The summed E-state index contributed by atoms with van der Waals surface area (Å²) >= 11 is 0. The van der Waals surface area contributed by atoms with Crippen molar-refractivity contribution in [2.75, 3.05) is 31.6 Å². The monoisotopic (exact) mass is 523 g/mol. The highest BCUT2D eigenvalue weighted by Gasteiger charge is 2.52. The summed E-state index contributed by atoms with van der Waals surface area (Å²) in [6.07, 6.45) is 8.49. The molecule has 1 aliphatic carbocycles. The van der Waals surface area contributed by atoms with E-state index in [1.165, 1.54) is 9.21 Å². The van der Waals surface area contributed by atoms with Crippen molar-refractivity contribution in [3.8, 4) is 0 Å². The molecular weight excluding hydrogens is 490 g/mol. The second-order valence-electron chi connectivity index (χ2n) is 9.92. The van der Waals surface area contributed by atoms with Crippen molar-refractivity contribution in [1.29, 1.82) is 0 Å². The Morgan fingerprint density at radius 1 is 0.919 bits per heavy atom. The number of carbonyl (C=O) groups is 2. The van der Waals surface area contributed by atoms with Crippen molar-refractivity contribution < 1.29 is 22.7 Å². The summed E-state index contributed by atoms with van der Waals surface area (Å²) < 4.78 is 32.7. The zero-order valence-electron chi connectivity index (χ0n) is 20.8. The van der Waals surface area contributed by atoms with Gasteiger partial charge in [-0.3, -0.25) is 14.5 Å². The molecule has 3 fully saturated rings. The van der Waals surface area contributed by atoms with Gasteiger partial charge < -0.3 is 10.1 Å². The number of anilines is 1. The molecule has 0 spiro atoms. The maximum absolute atomic E-state index is 13.9. The molecule has 0 aromatic heterocycles. The van der Waals surface area contributed by atoms with Crippen molar-refractivity contribution >= 4 is 33.6 Å². The molecule has 2 aromatic carbocycles. The first-order valence-electron chi connectivity index (χ1n) is 13.0. The predicted octanol–water partition coefficient (Wildman–Crippen LogP) is 3.66. The van der Waals surface area contributed by atoms with Crippen LogP contribution in [0.4, 0.5) is 5.69 Å². The Kier molecular flexibility index (Phi) is 7.46. The molecule has 196 valence electrons. The summed E-state index contributed by atoms with van der Waals surface area (Å²) in [5.74, 6) is -0.421. The molecule has 0 bridgehead atoms. The van der Waals surface area contributed by atoms with Crippen LogP contribution in [0.1, 0.15) is 44.1 Å². The van der Waals surface area contributed by atoms with Crippen LogP contribution in [0.25, 0.3) is 6.08 Å². The highest BCUT2D eigenvalue weighted by molar-refractivity contribution is 7.89. The van der Waals surface area contributed by atoms with Crippen LogP contribution in [0, 0.1) is 0 Å². The molecule has 2 saturated heterocycles. The van der Waals surface area contributed by atoms with Gasteiger partial charge in [-0.25, -0.2) is 8.42 Å². The molecule has 5 rings (SSSR count). The van der Waals surface area contributed by atoms with Crippen molar-refractivity contribution in [2.45, 2.75) is 55.0 Å². The van der Waals surface area contributed by atoms with Gasteiger partial charge in [-0.05, 0) is 48.7 Å². The Morgan fingerprint density at radius 2 is 1.59 bits per heavy atom. The van der Waals surface area contributed by atoms with E-state index in [9.17, 15) is 18.0 Å². The van der Waals surface area contributed by atoms with Gasteiger partial charge in [0, 0.05) is 24.8 Å². The van der Waals surface area contributed by atoms with E-state index in [0.29, 0.717) is 32.0 Å². The van der Waals surface area contributed by atoms with E-state index >= 15 is 0 Å². The molecule has 2 amide bonds. The van der Waals surface area contributed by atoms with E-state index in [4.69, 9.17) is 4.74 Å². The number of benzene rings is 2. The molecule has 1 unspecified atom stereocenters. The minimum Gasteiger partial charge on any atom is -0.379 e. The third kappa shape index (κ3) is 5.35. The summed E-state index contributed by atoms with van der Waals surface area (Å²) in [5, 5.41) is 3.30. The minimum absolute atomic E-state index is 0.0134. The summed E-state index contributed by atoms with van der Waals surface area (Å²) in [6, 6.07) is 16.0. The Bertz CT molecular complexity index is 1250. The SMILES string of the molecule is O=C1CC(C=Cc2ccccc2)(Nc2ccc(S(=O)(=O)N3CCOCC3)cc2)C(=O)N1C1CCCCC1. The van der Waals surface area contributed by atoms with Crippen molar-refractivity contribution in [2.24, 2.45) is 0 Å². The van der Waals surface area contributed by atoms with Crippen LogP contribution in [0.15, 0.2) is 65.6 Å². The Morgan fingerprint density at radius 3 is 2.27 bits per heavy atom. The maximum atomic E-state index is 13.9. The standard InChI is InChI=1S/C28H33N3O5S/c32-26-21-28(16-15-22-7-3-1-4-8-22,27(33)31(26)24-9-5-2-6-10-24)29-23-11-13-25(14-12-23)37(34,35)30-17-19-36-20-18-30/h1,3-4,7-8,11-16,24,29H,2,5-6,9-10,17-21H2. The van der Waals surface area contributed by atoms with E-state index in [1.807, 2.05) is 36.4 Å². The lowest BCUT2D eigenvalue weighted by atomic mass is 9.93. The topological polar surface area (TPSA) is 96.0 Å². The predicted molar refractivity (Wildman–Crippen MR) is 141 cm³/mol. The molecule has 1 saturated carbocycles. The lowest BCUT2D eigenvalue weighted by Gasteiger charge is -2.32. The molecule has 8 nitrogen and oxygen atoms in total. The van der Waals surface area contributed by atoms with Gasteiger partial charge in [-0.15, -0.1) is 0 Å². The van der Waals surface area contributed by atoms with Gasteiger partial charge in [-0.1, -0.05) is 55.7 Å². The number of hydrogen-bond acceptors (Lipinski definition) is 6. The molecule has 2 aliphatic heterocycles. The number of sulfonamides is 1. The van der Waals surface area contributed by atoms with Crippen LogP contribution in [0.2, 0.25) is 0 Å². The second kappa shape index (κ2) is 10.8. The number of imide groups is 1. The number of nitrogens with one attached hydrogen (secondary N) is 1. The number of carbonyl (C=O) groups excluding carboxylic acids is 2. The smallest absolute Gasteiger partial charge is 0.259 e. The van der Waals surface area contributed by atoms with Crippen LogP contribution in [-0.2, 0) is 24.3 Å². The Hall–Kier alpha value is -3.01. The number of ether oxygens (including phenoxy) is 1. The lowest BCUT2D eigenvalue weighted by Crippen LogP contribution is -2.48. The van der Waals surface area contributed by atoms with Gasteiger partial charge in [0.2, 0.25) is 15.9 Å². The number of likely N-dealkylation sites (tertiary alicyclic amines) is 1. The normalized spacial score (nSPS) is 24.2. The van der Waals surface area contributed by atoms with E-state index in [1.54, 1.807) is 30.3 Å². The first-order valence-corrected chi connectivity index (χ1v) is 14.4. The van der Waals surface area contributed by atoms with Gasteiger partial charge in [-0.2, -0.15) is 4.31 Å². The molecule has 0 radical (unpaired) electrons. The lowest BCUT2D eigenvalue weighted by molar-refractivity contribution is -0.142. The highest BCUT2D eigenvalue weighted by Crippen LogP contribution is 2.36. The highest BCUT2D eigenvalue weighted by atomic mass is 32.2. The van der Waals surface area contributed by atoms with Crippen molar-refractivity contribution in [3.05, 3.63) is 66.2 Å². The average Bonchev–Trinajstić information content (AvgIpc) is 3.18. The van der Waals surface area contributed by atoms with Gasteiger partial charge in [0.25, 0.3) is 5.91 Å². The first-order chi connectivity index (χ1) is 17.9. The van der Waals surface area contributed by atoms with Crippen LogP contribution in [-0.4, -0.2) is 67.3 Å². The fourth-order valence-electron chi connectivity index (χ4n) is 5.41. The third-order valence-electron chi connectivity index (χ3n) is 7.43. The van der Waals surface area contributed by atoms with Crippen molar-refractivity contribution in [3.63, 3.8) is 0 Å². The van der Waals surface area contributed by atoms with E-state index < -0.39 is 15.6 Å². The average molecular weight is 524 g/mol. The fraction of sp³-hybridized carbons (Fsp3) is 0.429. The van der Waals surface area contributed by atoms with Crippen molar-refractivity contribution in [1.82, 2.24) is 9.21 Å². The summed E-state index contributed by atoms with van der Waals surface area (Å²) in [6.45, 7) is 1.40. The first kappa shape index (κ1) is 25.6. The molecule has 1 N–H and O–H groups in total. The third-order valence-corrected chi connectivity index (χ3v) is 9.34. The number of nitrogens with zero attached hydrogens (tertiary/aromatic N) is 2. The maximum Gasteiger partial charge on any atom is 0.259 e. The van der Waals surface area contributed by atoms with Gasteiger partial charge in [0.05, 0.1) is 24.5 Å². The zero-order chi connectivity index (χ0) is 25.9. The molecule has 9 heteroatoms. The largest absolute Gasteiger partial charge is 0.379 e. The number of amides is 2. The van der Waals surface area contributed by atoms with E-state index in [0.717, 1.165) is 37.7 Å². The molecule has 1 atom stereocenters. The molecule has 2 aromatic rings. The van der Waals surface area contributed by atoms with Crippen LogP contribution in [0.5, 0.6) is 0 Å². The quantitative estimate of drug-likeness (QED) is 0.557. The Labute approximate surface area is 218 Å². The number of hydrogen-bond donors (Lipinski definition) is 1. The molecule has 2 heterocycles. The summed E-state index contributed by atoms with van der Waals surface area (Å²) in [7, 11) is -3.63.